The van der Waals surface area contributed by atoms with E-state index in [0.717, 1.165) is 12.5 Å². The molecule has 1 heterocycles. The number of nitrogens with zero attached hydrogens (tertiary/aromatic N) is 4. The van der Waals surface area contributed by atoms with Gasteiger partial charge in [0.05, 0.1) is 16.0 Å². The Morgan fingerprint density at radius 3 is 2.47 bits per heavy atom. The van der Waals surface area contributed by atoms with E-state index in [0.29, 0.717) is 16.6 Å². The zero-order valence-electron chi connectivity index (χ0n) is 18.3. The number of hydrogen-bond donors (Lipinski definition) is 2. The average molecular weight is 463 g/mol. The molecule has 2 aromatic carbocycles. The zero-order valence-corrected chi connectivity index (χ0v) is 18.3. The number of esters is 1. The van der Waals surface area contributed by atoms with E-state index in [9.17, 15) is 30.1 Å². The average Bonchev–Trinajstić information content (AvgIpc) is 3.26. The molecule has 0 aliphatic rings. The van der Waals surface area contributed by atoms with Gasteiger partial charge in [0.1, 0.15) is 18.2 Å². The molecule has 0 aliphatic carbocycles. The van der Waals surface area contributed by atoms with Crippen molar-refractivity contribution in [2.45, 2.75) is 0 Å². The Hall–Kier alpha value is -4.98. The number of carbonyl (C=O) groups excluding carboxylic acids is 2. The second-order valence-electron chi connectivity index (χ2n) is 6.89. The SMILES string of the molecule is CN(C)C=O.N#CC(=C(O)COC(=O)C=Cc1ccc([N+](=O)[O-])cc1)c1nc2ccccc2[nH]1. The van der Waals surface area contributed by atoms with E-state index in [-0.39, 0.29) is 17.1 Å². The first-order chi connectivity index (χ1) is 16.2. The summed E-state index contributed by atoms with van der Waals surface area (Å²) in [5, 5.41) is 30.1. The van der Waals surface area contributed by atoms with Crippen LogP contribution in [0.3, 0.4) is 0 Å². The minimum absolute atomic E-state index is 0.0607. The molecule has 0 saturated carbocycles. The first kappa shape index (κ1) is 25.3. The second kappa shape index (κ2) is 12.2. The molecule has 174 valence electrons. The number of nitrogens with one attached hydrogen (secondary N) is 1. The lowest BCUT2D eigenvalue weighted by Crippen LogP contribution is -2.06. The summed E-state index contributed by atoms with van der Waals surface area (Å²) in [4.78, 5) is 39.9. The zero-order chi connectivity index (χ0) is 25.1. The molecular weight excluding hydrogens is 442 g/mol. The first-order valence-electron chi connectivity index (χ1n) is 9.73. The maximum atomic E-state index is 11.8. The molecule has 1 aromatic heterocycles. The van der Waals surface area contributed by atoms with Gasteiger partial charge < -0.3 is 19.7 Å². The third-order valence-corrected chi connectivity index (χ3v) is 4.10. The number of ether oxygens (including phenoxy) is 1. The summed E-state index contributed by atoms with van der Waals surface area (Å²) >= 11 is 0. The highest BCUT2D eigenvalue weighted by Crippen LogP contribution is 2.19. The van der Waals surface area contributed by atoms with E-state index in [1.54, 1.807) is 38.4 Å². The third-order valence-electron chi connectivity index (χ3n) is 4.10. The molecule has 0 spiro atoms. The van der Waals surface area contributed by atoms with Crippen LogP contribution in [0, 0.1) is 21.4 Å². The van der Waals surface area contributed by atoms with Crippen molar-refractivity contribution in [3.8, 4) is 6.07 Å². The number of allylic oxidation sites excluding steroid dienone is 1. The highest BCUT2D eigenvalue weighted by Gasteiger charge is 2.14. The summed E-state index contributed by atoms with van der Waals surface area (Å²) in [6.07, 6.45) is 3.28. The number of aromatic amines is 1. The van der Waals surface area contributed by atoms with Crippen LogP contribution in [0.4, 0.5) is 5.69 Å². The van der Waals surface area contributed by atoms with Gasteiger partial charge in [0.25, 0.3) is 5.69 Å². The number of H-pyrrole nitrogens is 1. The maximum Gasteiger partial charge on any atom is 0.331 e. The number of aliphatic hydroxyl groups is 1. The lowest BCUT2D eigenvalue weighted by molar-refractivity contribution is -0.384. The van der Waals surface area contributed by atoms with Gasteiger partial charge in [-0.2, -0.15) is 5.26 Å². The predicted molar refractivity (Wildman–Crippen MR) is 124 cm³/mol. The molecule has 34 heavy (non-hydrogen) atoms. The van der Waals surface area contributed by atoms with E-state index in [4.69, 9.17) is 4.74 Å². The van der Waals surface area contributed by atoms with Crippen molar-refractivity contribution < 1.29 is 24.4 Å². The molecule has 0 aliphatic heterocycles. The van der Waals surface area contributed by atoms with E-state index >= 15 is 0 Å². The Labute approximate surface area is 194 Å². The molecule has 0 bridgehead atoms. The number of aromatic nitrogens is 2. The summed E-state index contributed by atoms with van der Waals surface area (Å²) in [7, 11) is 3.38. The standard InChI is InChI=1S/C20H14N4O5.C3H7NO/c21-11-15(20-22-16-3-1-2-4-17(16)23-20)18(25)12-29-19(26)10-7-13-5-8-14(9-6-13)24(27)28;1-4(2)3-5/h1-10,25H,12H2,(H,22,23);3H,1-2H3. The number of fused-ring (bicyclic) bond motifs is 1. The Morgan fingerprint density at radius 1 is 1.26 bits per heavy atom. The number of aliphatic hydroxyl groups excluding tert-OH is 1. The van der Waals surface area contributed by atoms with Crippen molar-refractivity contribution in [1.29, 1.82) is 5.26 Å². The molecule has 0 fully saturated rings. The van der Waals surface area contributed by atoms with Crippen LogP contribution in [-0.2, 0) is 14.3 Å². The topological polar surface area (TPSA) is 162 Å². The fourth-order valence-corrected chi connectivity index (χ4v) is 2.46. The monoisotopic (exact) mass is 463 g/mol. The molecule has 3 rings (SSSR count). The van der Waals surface area contributed by atoms with E-state index < -0.39 is 23.3 Å². The van der Waals surface area contributed by atoms with Gasteiger partial charge in [-0.3, -0.25) is 14.9 Å². The summed E-state index contributed by atoms with van der Waals surface area (Å²) in [6.45, 7) is -0.511. The van der Waals surface area contributed by atoms with Crippen LogP contribution in [0.1, 0.15) is 11.4 Å². The van der Waals surface area contributed by atoms with Crippen molar-refractivity contribution in [3.63, 3.8) is 0 Å². The Bertz CT molecular complexity index is 1240. The van der Waals surface area contributed by atoms with Crippen LogP contribution in [0.15, 0.2) is 60.4 Å². The summed E-state index contributed by atoms with van der Waals surface area (Å²) in [6, 6.07) is 14.6. The maximum absolute atomic E-state index is 11.8. The first-order valence-corrected chi connectivity index (χ1v) is 9.73. The molecular formula is C23H21N5O6. The molecule has 11 nitrogen and oxygen atoms in total. The van der Waals surface area contributed by atoms with Crippen molar-refractivity contribution in [2.24, 2.45) is 0 Å². The number of benzene rings is 2. The Balaban J connectivity index is 0.000000739. The number of nitro benzene ring substituents is 1. The van der Waals surface area contributed by atoms with Crippen LogP contribution in [0.2, 0.25) is 0 Å². The second-order valence-corrected chi connectivity index (χ2v) is 6.89. The van der Waals surface area contributed by atoms with Gasteiger partial charge in [0, 0.05) is 32.3 Å². The molecule has 3 aromatic rings. The van der Waals surface area contributed by atoms with Gasteiger partial charge in [-0.1, -0.05) is 12.1 Å². The number of non-ortho nitro benzene ring substituents is 1. The normalized spacial score (nSPS) is 11.1. The molecule has 1 amide bonds. The number of carbonyl (C=O) groups is 2. The van der Waals surface area contributed by atoms with Crippen LogP contribution in [0.5, 0.6) is 0 Å². The minimum atomic E-state index is -0.753. The Kier molecular flexibility index (Phi) is 9.04. The van der Waals surface area contributed by atoms with E-state index in [1.807, 2.05) is 6.07 Å². The van der Waals surface area contributed by atoms with E-state index in [1.165, 1.54) is 35.2 Å². The van der Waals surface area contributed by atoms with Gasteiger partial charge >= 0.3 is 5.97 Å². The highest BCUT2D eigenvalue weighted by atomic mass is 16.6. The van der Waals surface area contributed by atoms with Crippen molar-refractivity contribution in [2.75, 3.05) is 20.7 Å². The van der Waals surface area contributed by atoms with Gasteiger partial charge in [0.15, 0.2) is 11.6 Å². The molecule has 0 saturated heterocycles. The fourth-order valence-electron chi connectivity index (χ4n) is 2.46. The van der Waals surface area contributed by atoms with Gasteiger partial charge in [-0.05, 0) is 35.9 Å². The fraction of sp³-hybridized carbons (Fsp3) is 0.130. The van der Waals surface area contributed by atoms with Crippen molar-refractivity contribution in [3.05, 3.63) is 81.9 Å². The largest absolute Gasteiger partial charge is 0.507 e. The van der Waals surface area contributed by atoms with Crippen LogP contribution < -0.4 is 0 Å². The number of hydrogen-bond acceptors (Lipinski definition) is 8. The van der Waals surface area contributed by atoms with Crippen LogP contribution in [-0.4, -0.2) is 58.0 Å². The highest BCUT2D eigenvalue weighted by molar-refractivity contribution is 5.87. The number of nitriles is 1. The van der Waals surface area contributed by atoms with E-state index in [2.05, 4.69) is 9.97 Å². The minimum Gasteiger partial charge on any atom is -0.507 e. The van der Waals surface area contributed by atoms with Gasteiger partial charge in [-0.25, -0.2) is 9.78 Å². The molecule has 2 N–H and O–H groups in total. The number of imidazole rings is 1. The summed E-state index contributed by atoms with van der Waals surface area (Å²) < 4.78 is 4.93. The molecule has 11 heteroatoms. The van der Waals surface area contributed by atoms with Crippen LogP contribution >= 0.6 is 0 Å². The van der Waals surface area contributed by atoms with Gasteiger partial charge in [-0.15, -0.1) is 0 Å². The predicted octanol–water partition coefficient (Wildman–Crippen LogP) is 3.22. The molecule has 0 atom stereocenters. The molecule has 0 unspecified atom stereocenters. The van der Waals surface area contributed by atoms with Crippen LogP contribution in [0.25, 0.3) is 22.7 Å². The number of rotatable bonds is 7. The van der Waals surface area contributed by atoms with Gasteiger partial charge in [0.2, 0.25) is 6.41 Å². The van der Waals surface area contributed by atoms with Crippen molar-refractivity contribution in [1.82, 2.24) is 14.9 Å². The number of para-hydroxylation sites is 2. The third kappa shape index (κ3) is 7.31. The number of amides is 1. The lowest BCUT2D eigenvalue weighted by Gasteiger charge is -2.03. The van der Waals surface area contributed by atoms with Crippen molar-refractivity contribution >= 4 is 40.7 Å². The summed E-state index contributed by atoms with van der Waals surface area (Å²) in [5.74, 6) is -1.02. The number of nitro groups is 1. The quantitative estimate of drug-likeness (QED) is 0.103. The smallest absolute Gasteiger partial charge is 0.331 e. The Morgan fingerprint density at radius 2 is 1.91 bits per heavy atom. The molecule has 0 radical (unpaired) electrons. The lowest BCUT2D eigenvalue weighted by atomic mass is 10.2. The summed E-state index contributed by atoms with van der Waals surface area (Å²) in [5.41, 5.74) is 1.70.